The molecule has 0 aliphatic heterocycles. The van der Waals surface area contributed by atoms with Gasteiger partial charge in [-0.3, -0.25) is 0 Å². The summed E-state index contributed by atoms with van der Waals surface area (Å²) in [5, 5.41) is 4.49. The van der Waals surface area contributed by atoms with Crippen molar-refractivity contribution in [2.24, 2.45) is 0 Å². The summed E-state index contributed by atoms with van der Waals surface area (Å²) in [5.41, 5.74) is 15.7. The van der Waals surface area contributed by atoms with Gasteiger partial charge in [0.1, 0.15) is 22.3 Å². The molecule has 3 nitrogen and oxygen atoms in total. The van der Waals surface area contributed by atoms with E-state index in [1.54, 1.807) is 0 Å². The van der Waals surface area contributed by atoms with Crippen LogP contribution in [0.2, 0.25) is 0 Å². The minimum atomic E-state index is 0.892. The van der Waals surface area contributed by atoms with Crippen molar-refractivity contribution in [2.75, 3.05) is 4.90 Å². The maximum absolute atomic E-state index is 6.57. The molecule has 57 heavy (non-hydrogen) atoms. The molecule has 2 heterocycles. The lowest BCUT2D eigenvalue weighted by Crippen LogP contribution is -2.10. The van der Waals surface area contributed by atoms with E-state index < -0.39 is 0 Å². The highest BCUT2D eigenvalue weighted by Gasteiger charge is 2.20. The Balaban J connectivity index is 1.07. The largest absolute Gasteiger partial charge is 0.455 e. The number of nitrogens with zero attached hydrogens (tertiary/aromatic N) is 1. The van der Waals surface area contributed by atoms with Crippen LogP contribution < -0.4 is 4.90 Å². The third-order valence-corrected chi connectivity index (χ3v) is 11.1. The monoisotopic (exact) mass is 729 g/mol. The van der Waals surface area contributed by atoms with Crippen LogP contribution >= 0.6 is 0 Å². The number of hydrogen-bond donors (Lipinski definition) is 0. The van der Waals surface area contributed by atoms with Gasteiger partial charge in [-0.1, -0.05) is 164 Å². The van der Waals surface area contributed by atoms with Crippen molar-refractivity contribution >= 4 is 60.9 Å². The van der Waals surface area contributed by atoms with E-state index in [-0.39, 0.29) is 0 Å². The van der Waals surface area contributed by atoms with Gasteiger partial charge in [-0.15, -0.1) is 0 Å². The van der Waals surface area contributed by atoms with Crippen molar-refractivity contribution in [1.29, 1.82) is 0 Å². The van der Waals surface area contributed by atoms with E-state index in [1.165, 1.54) is 11.1 Å². The zero-order chi connectivity index (χ0) is 37.7. The molecule has 268 valence electrons. The van der Waals surface area contributed by atoms with Gasteiger partial charge in [-0.2, -0.15) is 0 Å². The highest BCUT2D eigenvalue weighted by Crippen LogP contribution is 2.45. The third-order valence-electron chi connectivity index (χ3n) is 11.1. The zero-order valence-electron chi connectivity index (χ0n) is 31.0. The molecule has 0 unspecified atom stereocenters. The molecule has 0 atom stereocenters. The van der Waals surface area contributed by atoms with Crippen LogP contribution in [0.3, 0.4) is 0 Å². The molecule has 0 spiro atoms. The van der Waals surface area contributed by atoms with Crippen LogP contribution in [0.25, 0.3) is 88.4 Å². The molecular weight excluding hydrogens is 695 g/mol. The van der Waals surface area contributed by atoms with Crippen LogP contribution in [-0.4, -0.2) is 0 Å². The van der Waals surface area contributed by atoms with E-state index >= 15 is 0 Å². The highest BCUT2D eigenvalue weighted by molar-refractivity contribution is 6.11. The van der Waals surface area contributed by atoms with Gasteiger partial charge < -0.3 is 13.7 Å². The van der Waals surface area contributed by atoms with E-state index in [1.807, 2.05) is 24.3 Å². The number of rotatable bonds is 7. The van der Waals surface area contributed by atoms with Crippen LogP contribution in [0.15, 0.2) is 221 Å². The standard InChI is InChI=1S/C54H35NO2/c1-3-13-36(14-4-1)37-25-29-40(30-26-37)55(41-31-27-39(28-32-41)43-19-11-21-48-45-17-7-9-23-51(45)56-53(43)48)42-33-34-44(50(35-42)38-15-5-2-6-16-38)47-20-12-22-49-46-18-8-10-24-52(46)57-54(47)49/h1-35H. The van der Waals surface area contributed by atoms with Gasteiger partial charge in [0.15, 0.2) is 0 Å². The summed E-state index contributed by atoms with van der Waals surface area (Å²) in [4.78, 5) is 2.35. The van der Waals surface area contributed by atoms with E-state index in [9.17, 15) is 0 Å². The summed E-state index contributed by atoms with van der Waals surface area (Å²) in [7, 11) is 0. The normalized spacial score (nSPS) is 11.5. The predicted octanol–water partition coefficient (Wildman–Crippen LogP) is 15.6. The fourth-order valence-corrected chi connectivity index (χ4v) is 8.37. The van der Waals surface area contributed by atoms with Crippen LogP contribution in [0.5, 0.6) is 0 Å². The van der Waals surface area contributed by atoms with Gasteiger partial charge in [0.2, 0.25) is 0 Å². The number of furan rings is 2. The van der Waals surface area contributed by atoms with Gasteiger partial charge in [-0.05, 0) is 81.9 Å². The number of anilines is 3. The maximum Gasteiger partial charge on any atom is 0.143 e. The second-order valence-electron chi connectivity index (χ2n) is 14.5. The molecule has 0 N–H and O–H groups in total. The SMILES string of the molecule is c1ccc(-c2ccc(N(c3ccc(-c4cccc5c4oc4ccccc45)cc3)c3ccc(-c4cccc5c4oc4ccccc45)c(-c4ccccc4)c3)cc2)cc1. The Labute approximate surface area is 330 Å². The minimum absolute atomic E-state index is 0.892. The van der Waals surface area contributed by atoms with Gasteiger partial charge in [0, 0.05) is 49.7 Å². The second-order valence-corrected chi connectivity index (χ2v) is 14.5. The highest BCUT2D eigenvalue weighted by atomic mass is 16.3. The minimum Gasteiger partial charge on any atom is -0.455 e. The van der Waals surface area contributed by atoms with Crippen molar-refractivity contribution in [3.05, 3.63) is 212 Å². The van der Waals surface area contributed by atoms with E-state index in [2.05, 4.69) is 193 Å². The lowest BCUT2D eigenvalue weighted by atomic mass is 9.92. The lowest BCUT2D eigenvalue weighted by Gasteiger charge is -2.27. The quantitative estimate of drug-likeness (QED) is 0.164. The topological polar surface area (TPSA) is 29.5 Å². The van der Waals surface area contributed by atoms with Gasteiger partial charge >= 0.3 is 0 Å². The summed E-state index contributed by atoms with van der Waals surface area (Å²) in [6.07, 6.45) is 0. The van der Waals surface area contributed by atoms with E-state index in [0.29, 0.717) is 0 Å². The molecule has 3 heteroatoms. The smallest absolute Gasteiger partial charge is 0.143 e. The summed E-state index contributed by atoms with van der Waals surface area (Å²) in [6, 6.07) is 75.1. The first-order valence-electron chi connectivity index (χ1n) is 19.3. The lowest BCUT2D eigenvalue weighted by molar-refractivity contribution is 0.669. The molecule has 11 rings (SSSR count). The zero-order valence-corrected chi connectivity index (χ0v) is 31.0. The van der Waals surface area contributed by atoms with E-state index in [0.717, 1.165) is 94.3 Å². The Bertz CT molecular complexity index is 3210. The summed E-state index contributed by atoms with van der Waals surface area (Å²) in [6.45, 7) is 0. The number of fused-ring (bicyclic) bond motifs is 6. The molecule has 0 amide bonds. The summed E-state index contributed by atoms with van der Waals surface area (Å²) < 4.78 is 13.0. The van der Waals surface area contributed by atoms with Crippen LogP contribution in [0.4, 0.5) is 17.1 Å². The van der Waals surface area contributed by atoms with E-state index in [4.69, 9.17) is 8.83 Å². The number of benzene rings is 9. The number of hydrogen-bond acceptors (Lipinski definition) is 3. The molecule has 0 aliphatic rings. The second kappa shape index (κ2) is 13.6. The first-order chi connectivity index (χ1) is 28.3. The van der Waals surface area contributed by atoms with Crippen LogP contribution in [0, 0.1) is 0 Å². The molecule has 0 fully saturated rings. The molecule has 0 saturated heterocycles. The average Bonchev–Trinajstić information content (AvgIpc) is 3.87. The van der Waals surface area contributed by atoms with Crippen molar-refractivity contribution in [3.8, 4) is 44.5 Å². The molecule has 2 aromatic heterocycles. The molecule has 9 aromatic carbocycles. The van der Waals surface area contributed by atoms with Gasteiger partial charge in [-0.25, -0.2) is 0 Å². The van der Waals surface area contributed by atoms with Crippen molar-refractivity contribution < 1.29 is 8.83 Å². The van der Waals surface area contributed by atoms with Crippen molar-refractivity contribution in [2.45, 2.75) is 0 Å². The molecule has 11 aromatic rings. The third kappa shape index (κ3) is 5.68. The average molecular weight is 730 g/mol. The molecule has 0 saturated carbocycles. The first-order valence-corrected chi connectivity index (χ1v) is 19.3. The van der Waals surface area contributed by atoms with Gasteiger partial charge in [0.25, 0.3) is 0 Å². The van der Waals surface area contributed by atoms with Crippen LogP contribution in [-0.2, 0) is 0 Å². The molecule has 0 aliphatic carbocycles. The van der Waals surface area contributed by atoms with Gasteiger partial charge in [0.05, 0.1) is 0 Å². The first kappa shape index (κ1) is 32.8. The molecule has 0 radical (unpaired) electrons. The Morgan fingerprint density at radius 3 is 1.32 bits per heavy atom. The van der Waals surface area contributed by atoms with Crippen LogP contribution in [0.1, 0.15) is 0 Å². The Morgan fingerprint density at radius 1 is 0.263 bits per heavy atom. The predicted molar refractivity (Wildman–Crippen MR) is 237 cm³/mol. The fourth-order valence-electron chi connectivity index (χ4n) is 8.37. The Kier molecular flexibility index (Phi) is 7.82. The van der Waals surface area contributed by atoms with Crippen molar-refractivity contribution in [1.82, 2.24) is 0 Å². The Morgan fingerprint density at radius 2 is 0.702 bits per heavy atom. The summed E-state index contributed by atoms with van der Waals surface area (Å²) >= 11 is 0. The number of para-hydroxylation sites is 4. The summed E-state index contributed by atoms with van der Waals surface area (Å²) in [5.74, 6) is 0. The molecule has 0 bridgehead atoms. The maximum atomic E-state index is 6.57. The molecular formula is C54H35NO2. The van der Waals surface area contributed by atoms with Crippen molar-refractivity contribution in [3.63, 3.8) is 0 Å². The Hall–Kier alpha value is -7.62. The fraction of sp³-hybridized carbons (Fsp3) is 0.